The van der Waals surface area contributed by atoms with Gasteiger partial charge in [-0.1, -0.05) is 30.3 Å². The molecule has 1 aromatic heterocycles. The van der Waals surface area contributed by atoms with Crippen molar-refractivity contribution in [3.8, 4) is 0 Å². The Hall–Kier alpha value is -2.52. The minimum atomic E-state index is -3.50. The molecule has 8 nitrogen and oxygen atoms in total. The van der Waals surface area contributed by atoms with Crippen LogP contribution in [0.15, 0.2) is 36.4 Å². The lowest BCUT2D eigenvalue weighted by atomic mass is 9.97. The van der Waals surface area contributed by atoms with Crippen molar-refractivity contribution in [2.24, 2.45) is 0 Å². The maximum Gasteiger partial charge on any atom is 0.219 e. The zero-order valence-corrected chi connectivity index (χ0v) is 19.5. The first-order valence-corrected chi connectivity index (χ1v) is 12.1. The van der Waals surface area contributed by atoms with Crippen molar-refractivity contribution in [1.82, 2.24) is 19.2 Å². The van der Waals surface area contributed by atoms with Crippen LogP contribution in [0.5, 0.6) is 0 Å². The number of aromatic nitrogens is 2. The molecule has 9 heteroatoms. The Morgan fingerprint density at radius 2 is 1.87 bits per heavy atom. The Bertz CT molecular complexity index is 1010. The molecule has 31 heavy (non-hydrogen) atoms. The molecule has 0 unspecified atom stereocenters. The Kier molecular flexibility index (Phi) is 7.27. The van der Waals surface area contributed by atoms with Gasteiger partial charge >= 0.3 is 0 Å². The fraction of sp³-hybridized carbons (Fsp3) is 0.500. The van der Waals surface area contributed by atoms with Gasteiger partial charge in [0.25, 0.3) is 0 Å². The lowest BCUT2D eigenvalue weighted by molar-refractivity contribution is -0.130. The summed E-state index contributed by atoms with van der Waals surface area (Å²) >= 11 is 0. The van der Waals surface area contributed by atoms with Crippen molar-refractivity contribution < 1.29 is 13.2 Å². The standard InChI is InChI=1S/C22H31N5O3S/c1-17(28)27-12-8-11-19(14-27)22-23-20(13-21(24-22)25(2)3)15-26(4)31(29,30)16-18-9-6-5-7-10-18/h5-7,9-10,13,19H,8,11-12,14-16H2,1-4H3/t19-/m1/s1. The van der Waals surface area contributed by atoms with Gasteiger partial charge in [0, 0.05) is 53.1 Å². The van der Waals surface area contributed by atoms with E-state index in [0.717, 1.165) is 30.8 Å². The van der Waals surface area contributed by atoms with Crippen molar-refractivity contribution in [3.05, 3.63) is 53.5 Å². The highest BCUT2D eigenvalue weighted by Crippen LogP contribution is 2.26. The second kappa shape index (κ2) is 9.74. The van der Waals surface area contributed by atoms with Gasteiger partial charge in [-0.2, -0.15) is 4.31 Å². The molecule has 0 saturated carbocycles. The molecule has 1 amide bonds. The van der Waals surface area contributed by atoms with Gasteiger partial charge < -0.3 is 9.80 Å². The van der Waals surface area contributed by atoms with E-state index >= 15 is 0 Å². The number of carbonyl (C=O) groups excluding carboxylic acids is 1. The first-order chi connectivity index (χ1) is 14.7. The summed E-state index contributed by atoms with van der Waals surface area (Å²) in [5.41, 5.74) is 1.39. The number of rotatable bonds is 7. The van der Waals surface area contributed by atoms with Crippen LogP contribution < -0.4 is 4.90 Å². The average Bonchev–Trinajstić information content (AvgIpc) is 2.74. The van der Waals surface area contributed by atoms with Gasteiger partial charge in [0.1, 0.15) is 11.6 Å². The molecule has 0 bridgehead atoms. The van der Waals surface area contributed by atoms with Crippen molar-refractivity contribution in [2.75, 3.05) is 39.1 Å². The minimum Gasteiger partial charge on any atom is -0.363 e. The molecule has 0 spiro atoms. The van der Waals surface area contributed by atoms with Gasteiger partial charge in [0.05, 0.1) is 18.0 Å². The van der Waals surface area contributed by atoms with Crippen molar-refractivity contribution >= 4 is 21.7 Å². The highest BCUT2D eigenvalue weighted by Gasteiger charge is 2.26. The quantitative estimate of drug-likeness (QED) is 0.650. The maximum atomic E-state index is 12.9. The third-order valence-electron chi connectivity index (χ3n) is 5.52. The number of piperidine rings is 1. The summed E-state index contributed by atoms with van der Waals surface area (Å²) in [5, 5.41) is 0. The highest BCUT2D eigenvalue weighted by molar-refractivity contribution is 7.88. The van der Waals surface area contributed by atoms with Gasteiger partial charge in [0.2, 0.25) is 15.9 Å². The molecule has 1 atom stereocenters. The Morgan fingerprint density at radius 1 is 1.16 bits per heavy atom. The van der Waals surface area contributed by atoms with E-state index in [-0.39, 0.29) is 24.1 Å². The molecule has 2 heterocycles. The van der Waals surface area contributed by atoms with Gasteiger partial charge in [-0.05, 0) is 18.4 Å². The number of sulfonamides is 1. The molecule has 0 radical (unpaired) electrons. The number of anilines is 1. The van der Waals surface area contributed by atoms with E-state index in [2.05, 4.69) is 0 Å². The van der Waals surface area contributed by atoms with Crippen molar-refractivity contribution in [1.29, 1.82) is 0 Å². The molecule has 168 valence electrons. The van der Waals surface area contributed by atoms with E-state index in [1.807, 2.05) is 60.3 Å². The van der Waals surface area contributed by atoms with Gasteiger partial charge in [0.15, 0.2) is 0 Å². The lowest BCUT2D eigenvalue weighted by Gasteiger charge is -2.31. The van der Waals surface area contributed by atoms with Crippen LogP contribution in [-0.4, -0.2) is 67.7 Å². The number of nitrogens with zero attached hydrogens (tertiary/aromatic N) is 5. The summed E-state index contributed by atoms with van der Waals surface area (Å²) in [6, 6.07) is 11.0. The number of amides is 1. The second-order valence-electron chi connectivity index (χ2n) is 8.27. The Labute approximate surface area is 185 Å². The summed E-state index contributed by atoms with van der Waals surface area (Å²) < 4.78 is 27.1. The highest BCUT2D eigenvalue weighted by atomic mass is 32.2. The molecule has 0 N–H and O–H groups in total. The molecule has 1 fully saturated rings. The topological polar surface area (TPSA) is 86.7 Å². The third kappa shape index (κ3) is 6.01. The number of likely N-dealkylation sites (tertiary alicyclic amines) is 1. The normalized spacial score (nSPS) is 17.1. The van der Waals surface area contributed by atoms with Crippen LogP contribution >= 0.6 is 0 Å². The van der Waals surface area contributed by atoms with E-state index in [1.165, 1.54) is 4.31 Å². The summed E-state index contributed by atoms with van der Waals surface area (Å²) in [7, 11) is 1.88. The number of hydrogen-bond donors (Lipinski definition) is 0. The van der Waals surface area contributed by atoms with Crippen LogP contribution in [0.25, 0.3) is 0 Å². The zero-order valence-electron chi connectivity index (χ0n) is 18.7. The van der Waals surface area contributed by atoms with E-state index in [4.69, 9.17) is 9.97 Å². The lowest BCUT2D eigenvalue weighted by Crippen LogP contribution is -2.38. The monoisotopic (exact) mass is 445 g/mol. The van der Waals surface area contributed by atoms with Crippen LogP contribution in [-0.2, 0) is 27.1 Å². The smallest absolute Gasteiger partial charge is 0.219 e. The number of benzene rings is 1. The van der Waals surface area contributed by atoms with Gasteiger partial charge in [-0.15, -0.1) is 0 Å². The first kappa shape index (κ1) is 23.1. The average molecular weight is 446 g/mol. The molecule has 2 aromatic rings. The third-order valence-corrected chi connectivity index (χ3v) is 7.30. The fourth-order valence-electron chi connectivity index (χ4n) is 3.69. The summed E-state index contributed by atoms with van der Waals surface area (Å²) in [5.74, 6) is 1.44. The summed E-state index contributed by atoms with van der Waals surface area (Å²) in [6.45, 7) is 3.09. The molecular weight excluding hydrogens is 414 g/mol. The van der Waals surface area contributed by atoms with Gasteiger partial charge in [-0.25, -0.2) is 18.4 Å². The molecule has 1 aliphatic heterocycles. The fourth-order valence-corrected chi connectivity index (χ4v) is 4.85. The first-order valence-electron chi connectivity index (χ1n) is 10.4. The number of carbonyl (C=O) groups is 1. The van der Waals surface area contributed by atoms with Crippen molar-refractivity contribution in [2.45, 2.75) is 38.0 Å². The van der Waals surface area contributed by atoms with Crippen LogP contribution in [0.3, 0.4) is 0 Å². The van der Waals surface area contributed by atoms with E-state index < -0.39 is 10.0 Å². The minimum absolute atomic E-state index is 0.0440. The van der Waals surface area contributed by atoms with Gasteiger partial charge in [-0.3, -0.25) is 4.79 Å². The largest absolute Gasteiger partial charge is 0.363 e. The summed E-state index contributed by atoms with van der Waals surface area (Å²) in [4.78, 5) is 25.0. The van der Waals surface area contributed by atoms with E-state index in [1.54, 1.807) is 14.0 Å². The Morgan fingerprint density at radius 3 is 2.52 bits per heavy atom. The molecule has 1 aliphatic rings. The summed E-state index contributed by atoms with van der Waals surface area (Å²) in [6.07, 6.45) is 1.81. The molecule has 1 aromatic carbocycles. The molecular formula is C22H31N5O3S. The second-order valence-corrected chi connectivity index (χ2v) is 10.3. The van der Waals surface area contributed by atoms with Crippen molar-refractivity contribution in [3.63, 3.8) is 0 Å². The predicted molar refractivity (Wildman–Crippen MR) is 121 cm³/mol. The molecule has 1 saturated heterocycles. The molecule has 0 aliphatic carbocycles. The maximum absolute atomic E-state index is 12.9. The van der Waals surface area contributed by atoms with Crippen LogP contribution in [0.2, 0.25) is 0 Å². The molecule has 3 rings (SSSR count). The zero-order chi connectivity index (χ0) is 22.6. The van der Waals surface area contributed by atoms with Crippen LogP contribution in [0.4, 0.5) is 5.82 Å². The van der Waals surface area contributed by atoms with Crippen LogP contribution in [0, 0.1) is 0 Å². The Balaban J connectivity index is 1.82. The van der Waals surface area contributed by atoms with E-state index in [0.29, 0.717) is 18.1 Å². The predicted octanol–water partition coefficient (Wildman–Crippen LogP) is 2.23. The SMILES string of the molecule is CC(=O)N1CCC[C@@H](c2nc(CN(C)S(=O)(=O)Cc3ccccc3)cc(N(C)C)n2)C1. The van der Waals surface area contributed by atoms with E-state index in [9.17, 15) is 13.2 Å². The van der Waals surface area contributed by atoms with Crippen LogP contribution in [0.1, 0.15) is 42.8 Å². The number of hydrogen-bond acceptors (Lipinski definition) is 6.